The summed E-state index contributed by atoms with van der Waals surface area (Å²) in [5.41, 5.74) is 1.44. The van der Waals surface area contributed by atoms with E-state index < -0.39 is 10.0 Å². The Morgan fingerprint density at radius 3 is 2.33 bits per heavy atom. The molecule has 0 saturated carbocycles. The molecule has 0 aromatic heterocycles. The number of carbonyl (C=O) groups excluding carboxylic acids is 1. The average Bonchev–Trinajstić information content (AvgIpc) is 2.74. The van der Waals surface area contributed by atoms with Crippen molar-refractivity contribution in [3.63, 3.8) is 0 Å². The van der Waals surface area contributed by atoms with Crippen LogP contribution in [0.1, 0.15) is 17.3 Å². The number of benzene rings is 3. The summed E-state index contributed by atoms with van der Waals surface area (Å²) in [6, 6.07) is 19.4. The number of hydrogen-bond acceptors (Lipinski definition) is 4. The number of rotatable bonds is 7. The first-order valence-electron chi connectivity index (χ1n) is 9.20. The second kappa shape index (κ2) is 9.19. The highest BCUT2D eigenvalue weighted by molar-refractivity contribution is 7.92. The molecule has 0 atom stereocenters. The van der Waals surface area contributed by atoms with Gasteiger partial charge in [0.2, 0.25) is 0 Å². The Kier molecular flexibility index (Phi) is 6.64. The zero-order chi connectivity index (χ0) is 21.7. The van der Waals surface area contributed by atoms with E-state index in [9.17, 15) is 13.2 Å². The molecule has 3 aromatic carbocycles. The molecule has 8 heteroatoms. The predicted octanol–water partition coefficient (Wildman–Crippen LogP) is 4.82. The lowest BCUT2D eigenvalue weighted by atomic mass is 10.2. The van der Waals surface area contributed by atoms with Gasteiger partial charge < -0.3 is 10.1 Å². The van der Waals surface area contributed by atoms with Crippen molar-refractivity contribution in [2.24, 2.45) is 0 Å². The highest BCUT2D eigenvalue weighted by Crippen LogP contribution is 2.24. The largest absolute Gasteiger partial charge is 0.494 e. The van der Waals surface area contributed by atoms with E-state index in [0.717, 1.165) is 4.31 Å². The number of sulfonamides is 1. The van der Waals surface area contributed by atoms with Gasteiger partial charge in [0, 0.05) is 29.4 Å². The fourth-order valence-corrected chi connectivity index (χ4v) is 4.08. The first-order valence-corrected chi connectivity index (χ1v) is 11.0. The number of anilines is 2. The van der Waals surface area contributed by atoms with Crippen LogP contribution in [-0.2, 0) is 10.0 Å². The summed E-state index contributed by atoms with van der Waals surface area (Å²) < 4.78 is 32.1. The van der Waals surface area contributed by atoms with Crippen molar-refractivity contribution in [2.45, 2.75) is 11.8 Å². The van der Waals surface area contributed by atoms with Crippen molar-refractivity contribution in [2.75, 3.05) is 23.3 Å². The van der Waals surface area contributed by atoms with E-state index in [0.29, 0.717) is 34.3 Å². The van der Waals surface area contributed by atoms with Gasteiger partial charge in [-0.25, -0.2) is 8.42 Å². The molecule has 0 aliphatic rings. The SMILES string of the molecule is CCOc1cccc(NC(=O)c2ccc(N(C)S(=O)(=O)c3ccc(Cl)cc3)cc2)c1. The van der Waals surface area contributed by atoms with Crippen LogP contribution in [-0.4, -0.2) is 28.0 Å². The van der Waals surface area contributed by atoms with E-state index in [1.165, 1.54) is 31.3 Å². The zero-order valence-electron chi connectivity index (χ0n) is 16.5. The third-order valence-electron chi connectivity index (χ3n) is 4.37. The summed E-state index contributed by atoms with van der Waals surface area (Å²) in [5.74, 6) is 0.359. The molecule has 1 N–H and O–H groups in total. The topological polar surface area (TPSA) is 75.7 Å². The fraction of sp³-hybridized carbons (Fsp3) is 0.136. The van der Waals surface area contributed by atoms with Gasteiger partial charge in [-0.2, -0.15) is 0 Å². The lowest BCUT2D eigenvalue weighted by molar-refractivity contribution is 0.102. The summed E-state index contributed by atoms with van der Waals surface area (Å²) >= 11 is 5.83. The quantitative estimate of drug-likeness (QED) is 0.567. The van der Waals surface area contributed by atoms with Crippen LogP contribution in [0.2, 0.25) is 5.02 Å². The van der Waals surface area contributed by atoms with Crippen molar-refractivity contribution in [3.05, 3.63) is 83.4 Å². The number of nitrogens with one attached hydrogen (secondary N) is 1. The number of carbonyl (C=O) groups is 1. The van der Waals surface area contributed by atoms with Crippen LogP contribution in [0.25, 0.3) is 0 Å². The molecule has 30 heavy (non-hydrogen) atoms. The van der Waals surface area contributed by atoms with Gasteiger partial charge in [-0.05, 0) is 67.6 Å². The highest BCUT2D eigenvalue weighted by atomic mass is 35.5. The van der Waals surface area contributed by atoms with Crippen molar-refractivity contribution in [1.29, 1.82) is 0 Å². The summed E-state index contributed by atoms with van der Waals surface area (Å²) in [7, 11) is -2.28. The minimum absolute atomic E-state index is 0.130. The van der Waals surface area contributed by atoms with Gasteiger partial charge in [0.1, 0.15) is 5.75 Å². The molecule has 6 nitrogen and oxygen atoms in total. The van der Waals surface area contributed by atoms with Crippen LogP contribution in [0.5, 0.6) is 5.75 Å². The van der Waals surface area contributed by atoms with E-state index in [2.05, 4.69) is 5.32 Å². The van der Waals surface area contributed by atoms with Gasteiger partial charge >= 0.3 is 0 Å². The Balaban J connectivity index is 1.74. The van der Waals surface area contributed by atoms with Crippen molar-refractivity contribution in [3.8, 4) is 5.75 Å². The molecular formula is C22H21ClN2O4S. The fourth-order valence-electron chi connectivity index (χ4n) is 2.76. The number of nitrogens with zero attached hydrogens (tertiary/aromatic N) is 1. The minimum atomic E-state index is -3.74. The summed E-state index contributed by atoms with van der Waals surface area (Å²) in [5, 5.41) is 3.26. The molecule has 3 aromatic rings. The van der Waals surface area contributed by atoms with E-state index in [-0.39, 0.29) is 10.8 Å². The summed E-state index contributed by atoms with van der Waals surface area (Å²) in [6.45, 7) is 2.42. The van der Waals surface area contributed by atoms with E-state index in [4.69, 9.17) is 16.3 Å². The van der Waals surface area contributed by atoms with Crippen molar-refractivity contribution >= 4 is 38.9 Å². The highest BCUT2D eigenvalue weighted by Gasteiger charge is 2.21. The van der Waals surface area contributed by atoms with Crippen LogP contribution in [0.4, 0.5) is 11.4 Å². The van der Waals surface area contributed by atoms with Gasteiger partial charge in [-0.15, -0.1) is 0 Å². The Morgan fingerprint density at radius 1 is 1.03 bits per heavy atom. The Labute approximate surface area is 181 Å². The third kappa shape index (κ3) is 4.93. The van der Waals surface area contributed by atoms with Crippen LogP contribution in [0.3, 0.4) is 0 Å². The monoisotopic (exact) mass is 444 g/mol. The molecule has 0 spiro atoms. The number of ether oxygens (including phenoxy) is 1. The molecular weight excluding hydrogens is 424 g/mol. The average molecular weight is 445 g/mol. The Hall–Kier alpha value is -3.03. The van der Waals surface area contributed by atoms with E-state index >= 15 is 0 Å². The minimum Gasteiger partial charge on any atom is -0.494 e. The van der Waals surface area contributed by atoms with Crippen LogP contribution >= 0.6 is 11.6 Å². The third-order valence-corrected chi connectivity index (χ3v) is 6.42. The summed E-state index contributed by atoms with van der Waals surface area (Å²) in [6.07, 6.45) is 0. The van der Waals surface area contributed by atoms with Crippen molar-refractivity contribution in [1.82, 2.24) is 0 Å². The molecule has 0 unspecified atom stereocenters. The van der Waals surface area contributed by atoms with Gasteiger partial charge in [0.15, 0.2) is 0 Å². The number of hydrogen-bond donors (Lipinski definition) is 1. The van der Waals surface area contributed by atoms with Gasteiger partial charge in [0.05, 0.1) is 17.2 Å². The summed E-state index contributed by atoms with van der Waals surface area (Å²) in [4.78, 5) is 12.6. The van der Waals surface area contributed by atoms with Gasteiger partial charge in [-0.1, -0.05) is 17.7 Å². The van der Waals surface area contributed by atoms with E-state index in [1.807, 2.05) is 13.0 Å². The number of amides is 1. The lowest BCUT2D eigenvalue weighted by Gasteiger charge is -2.20. The Bertz CT molecular complexity index is 1130. The predicted molar refractivity (Wildman–Crippen MR) is 119 cm³/mol. The molecule has 0 aliphatic heterocycles. The molecule has 0 aliphatic carbocycles. The normalized spacial score (nSPS) is 11.0. The van der Waals surface area contributed by atoms with Crippen LogP contribution < -0.4 is 14.4 Å². The molecule has 0 bridgehead atoms. The zero-order valence-corrected chi connectivity index (χ0v) is 18.1. The van der Waals surface area contributed by atoms with Gasteiger partial charge in [-0.3, -0.25) is 9.10 Å². The molecule has 0 fully saturated rings. The first-order chi connectivity index (χ1) is 14.3. The van der Waals surface area contributed by atoms with Crippen molar-refractivity contribution < 1.29 is 17.9 Å². The maximum Gasteiger partial charge on any atom is 0.264 e. The maximum atomic E-state index is 12.8. The molecule has 0 heterocycles. The van der Waals surface area contributed by atoms with E-state index in [1.54, 1.807) is 42.5 Å². The molecule has 1 amide bonds. The van der Waals surface area contributed by atoms with Crippen LogP contribution in [0, 0.1) is 0 Å². The molecule has 0 saturated heterocycles. The number of halogens is 1. The van der Waals surface area contributed by atoms with Gasteiger partial charge in [0.25, 0.3) is 15.9 Å². The molecule has 3 rings (SSSR count). The molecule has 0 radical (unpaired) electrons. The Morgan fingerprint density at radius 2 is 1.70 bits per heavy atom. The lowest BCUT2D eigenvalue weighted by Crippen LogP contribution is -2.26. The molecule has 156 valence electrons. The standard InChI is InChI=1S/C22H21ClN2O4S/c1-3-29-20-6-4-5-18(15-20)24-22(26)16-7-11-19(12-8-16)25(2)30(27,28)21-13-9-17(23)10-14-21/h4-15H,3H2,1-2H3,(H,24,26). The second-order valence-electron chi connectivity index (χ2n) is 6.39. The smallest absolute Gasteiger partial charge is 0.264 e. The second-order valence-corrected chi connectivity index (χ2v) is 8.79. The van der Waals surface area contributed by atoms with Crippen LogP contribution in [0.15, 0.2) is 77.7 Å². The maximum absolute atomic E-state index is 12.8. The first kappa shape index (κ1) is 21.7.